The Morgan fingerprint density at radius 2 is 2.29 bits per heavy atom. The normalized spacial score (nSPS) is 9.64. The Morgan fingerprint density at radius 1 is 1.64 bits per heavy atom. The Kier molecular flexibility index (Phi) is 4.21. The van der Waals surface area contributed by atoms with Gasteiger partial charge >= 0.3 is 0 Å². The van der Waals surface area contributed by atoms with E-state index in [1.54, 1.807) is 19.2 Å². The number of hydrogen-bond donors (Lipinski definition) is 2. The number of anilines is 1. The number of ether oxygens (including phenoxy) is 1. The molecule has 0 amide bonds. The predicted molar refractivity (Wildman–Crippen MR) is 71.1 cm³/mol. The SMILES string of the molecule is COc1cc(NC(N)=S)c(I)cc1Cl. The lowest BCUT2D eigenvalue weighted by molar-refractivity contribution is 0.415. The summed E-state index contributed by atoms with van der Waals surface area (Å²) in [4.78, 5) is 0. The Balaban J connectivity index is 3.10. The van der Waals surface area contributed by atoms with Crippen molar-refractivity contribution in [1.29, 1.82) is 0 Å². The molecule has 0 atom stereocenters. The van der Waals surface area contributed by atoms with Gasteiger partial charge in [-0.2, -0.15) is 0 Å². The second kappa shape index (κ2) is 4.99. The Hall–Kier alpha value is -0.270. The third-order valence-corrected chi connectivity index (χ3v) is 2.79. The molecule has 0 spiro atoms. The van der Waals surface area contributed by atoms with Crippen molar-refractivity contribution in [2.75, 3.05) is 12.4 Å². The summed E-state index contributed by atoms with van der Waals surface area (Å²) >= 11 is 12.8. The summed E-state index contributed by atoms with van der Waals surface area (Å²) < 4.78 is 5.99. The molecule has 0 radical (unpaired) electrons. The molecule has 1 aromatic carbocycles. The van der Waals surface area contributed by atoms with E-state index in [9.17, 15) is 0 Å². The molecule has 0 heterocycles. The second-order valence-corrected chi connectivity index (χ2v) is 4.47. The van der Waals surface area contributed by atoms with Crippen molar-refractivity contribution in [3.8, 4) is 5.75 Å². The summed E-state index contributed by atoms with van der Waals surface area (Å²) in [6, 6.07) is 3.53. The van der Waals surface area contributed by atoms with Gasteiger partial charge in [-0.3, -0.25) is 0 Å². The second-order valence-electron chi connectivity index (χ2n) is 2.46. The first-order chi connectivity index (χ1) is 6.54. The number of methoxy groups -OCH3 is 1. The minimum absolute atomic E-state index is 0.215. The molecule has 0 aromatic heterocycles. The summed E-state index contributed by atoms with van der Waals surface area (Å²) in [6.45, 7) is 0. The number of hydrogen-bond acceptors (Lipinski definition) is 2. The van der Waals surface area contributed by atoms with Crippen LogP contribution in [0.1, 0.15) is 0 Å². The summed E-state index contributed by atoms with van der Waals surface area (Å²) in [5, 5.41) is 3.61. The number of nitrogens with one attached hydrogen (secondary N) is 1. The molecule has 0 bridgehead atoms. The first kappa shape index (κ1) is 11.8. The number of rotatable bonds is 2. The molecule has 0 aliphatic rings. The van der Waals surface area contributed by atoms with E-state index >= 15 is 0 Å². The predicted octanol–water partition coefficient (Wildman–Crippen LogP) is 2.61. The molecule has 1 rings (SSSR count). The van der Waals surface area contributed by atoms with E-state index in [0.717, 1.165) is 9.26 Å². The zero-order valence-corrected chi connectivity index (χ0v) is 11.0. The number of halogens is 2. The third-order valence-electron chi connectivity index (χ3n) is 1.50. The molecule has 0 aliphatic carbocycles. The van der Waals surface area contributed by atoms with E-state index in [1.165, 1.54) is 0 Å². The molecule has 0 fully saturated rings. The van der Waals surface area contributed by atoms with Crippen LogP contribution in [-0.2, 0) is 0 Å². The standard InChI is InChI=1S/C8H8ClIN2OS/c1-13-7-3-6(12-8(11)14)5(10)2-4(7)9/h2-3H,1H3,(H3,11,12,14). The summed E-state index contributed by atoms with van der Waals surface area (Å²) in [5.74, 6) is 0.589. The zero-order valence-electron chi connectivity index (χ0n) is 7.30. The Morgan fingerprint density at radius 3 is 2.79 bits per heavy atom. The molecule has 6 heteroatoms. The van der Waals surface area contributed by atoms with Gasteiger partial charge in [-0.1, -0.05) is 11.6 Å². The monoisotopic (exact) mass is 342 g/mol. The zero-order chi connectivity index (χ0) is 10.7. The van der Waals surface area contributed by atoms with Gasteiger partial charge in [-0.15, -0.1) is 0 Å². The average Bonchev–Trinajstić information content (AvgIpc) is 2.09. The first-order valence-corrected chi connectivity index (χ1v) is 5.50. The van der Waals surface area contributed by atoms with Crippen molar-refractivity contribution in [2.24, 2.45) is 5.73 Å². The van der Waals surface area contributed by atoms with Crippen molar-refractivity contribution in [1.82, 2.24) is 0 Å². The maximum absolute atomic E-state index is 5.92. The highest BCUT2D eigenvalue weighted by atomic mass is 127. The fourth-order valence-electron chi connectivity index (χ4n) is 0.914. The van der Waals surface area contributed by atoms with Gasteiger partial charge in [-0.25, -0.2) is 0 Å². The quantitative estimate of drug-likeness (QED) is 0.641. The molecular weight excluding hydrogens is 335 g/mol. The molecule has 0 saturated carbocycles. The van der Waals surface area contributed by atoms with Crippen molar-refractivity contribution >= 4 is 57.2 Å². The first-order valence-electron chi connectivity index (χ1n) is 3.64. The van der Waals surface area contributed by atoms with Crippen molar-refractivity contribution in [3.05, 3.63) is 20.7 Å². The lowest BCUT2D eigenvalue weighted by Gasteiger charge is -2.10. The van der Waals surface area contributed by atoms with Crippen LogP contribution in [0.5, 0.6) is 5.75 Å². The van der Waals surface area contributed by atoms with E-state index in [1.807, 2.05) is 0 Å². The molecule has 14 heavy (non-hydrogen) atoms. The van der Waals surface area contributed by atoms with Gasteiger partial charge < -0.3 is 15.8 Å². The fourth-order valence-corrected chi connectivity index (χ4v) is 2.05. The van der Waals surface area contributed by atoms with E-state index in [4.69, 9.17) is 34.3 Å². The third kappa shape index (κ3) is 2.86. The van der Waals surface area contributed by atoms with E-state index in [-0.39, 0.29) is 5.11 Å². The van der Waals surface area contributed by atoms with Crippen molar-refractivity contribution in [3.63, 3.8) is 0 Å². The van der Waals surface area contributed by atoms with Crippen LogP contribution >= 0.6 is 46.4 Å². The maximum Gasteiger partial charge on any atom is 0.168 e. The lowest BCUT2D eigenvalue weighted by Crippen LogP contribution is -2.19. The van der Waals surface area contributed by atoms with Crippen molar-refractivity contribution < 1.29 is 4.74 Å². The van der Waals surface area contributed by atoms with Crippen LogP contribution in [0.15, 0.2) is 12.1 Å². The highest BCUT2D eigenvalue weighted by Crippen LogP contribution is 2.31. The molecule has 0 saturated heterocycles. The molecule has 3 N–H and O–H groups in total. The van der Waals surface area contributed by atoms with Gasteiger partial charge in [0.2, 0.25) is 0 Å². The van der Waals surface area contributed by atoms with Crippen LogP contribution in [0.25, 0.3) is 0 Å². The Bertz CT molecular complexity index is 373. The fraction of sp³-hybridized carbons (Fsp3) is 0.125. The van der Waals surface area contributed by atoms with Crippen LogP contribution < -0.4 is 15.8 Å². The molecule has 3 nitrogen and oxygen atoms in total. The van der Waals surface area contributed by atoms with Gasteiger partial charge in [0.1, 0.15) is 5.75 Å². The average molecular weight is 343 g/mol. The lowest BCUT2D eigenvalue weighted by atomic mass is 10.3. The van der Waals surface area contributed by atoms with E-state index < -0.39 is 0 Å². The van der Waals surface area contributed by atoms with Gasteiger partial charge in [0.25, 0.3) is 0 Å². The minimum Gasteiger partial charge on any atom is -0.495 e. The summed E-state index contributed by atoms with van der Waals surface area (Å²) in [7, 11) is 1.55. The Labute approximate surface area is 106 Å². The molecule has 0 unspecified atom stereocenters. The highest BCUT2D eigenvalue weighted by molar-refractivity contribution is 14.1. The van der Waals surface area contributed by atoms with Gasteiger partial charge in [0.15, 0.2) is 5.11 Å². The van der Waals surface area contributed by atoms with E-state index in [2.05, 4.69) is 27.9 Å². The smallest absolute Gasteiger partial charge is 0.168 e. The molecule has 76 valence electrons. The van der Waals surface area contributed by atoms with Crippen LogP contribution in [0.3, 0.4) is 0 Å². The van der Waals surface area contributed by atoms with E-state index in [0.29, 0.717) is 10.8 Å². The molecule has 1 aromatic rings. The maximum atomic E-state index is 5.92. The topological polar surface area (TPSA) is 47.3 Å². The minimum atomic E-state index is 0.215. The number of thiocarbonyl (C=S) groups is 1. The number of nitrogens with two attached hydrogens (primary N) is 1. The van der Waals surface area contributed by atoms with Crippen LogP contribution in [0.4, 0.5) is 5.69 Å². The largest absolute Gasteiger partial charge is 0.495 e. The van der Waals surface area contributed by atoms with Gasteiger partial charge in [0.05, 0.1) is 17.8 Å². The van der Waals surface area contributed by atoms with Crippen LogP contribution in [0, 0.1) is 3.57 Å². The van der Waals surface area contributed by atoms with Gasteiger partial charge in [0, 0.05) is 9.64 Å². The van der Waals surface area contributed by atoms with Crippen LogP contribution in [-0.4, -0.2) is 12.2 Å². The van der Waals surface area contributed by atoms with Crippen LogP contribution in [0.2, 0.25) is 5.02 Å². The summed E-state index contributed by atoms with van der Waals surface area (Å²) in [6.07, 6.45) is 0. The summed E-state index contributed by atoms with van der Waals surface area (Å²) in [5.41, 5.74) is 6.16. The molecular formula is C8H8ClIN2OS. The van der Waals surface area contributed by atoms with Gasteiger partial charge in [-0.05, 0) is 40.9 Å². The van der Waals surface area contributed by atoms with Crippen molar-refractivity contribution in [2.45, 2.75) is 0 Å². The molecule has 0 aliphatic heterocycles. The number of benzene rings is 1. The highest BCUT2D eigenvalue weighted by Gasteiger charge is 2.07.